The molecule has 0 amide bonds. The Balaban J connectivity index is 1.92. The van der Waals surface area contributed by atoms with Crippen LogP contribution in [0.15, 0.2) is 24.3 Å². The quantitative estimate of drug-likeness (QED) is 0.799. The maximum Gasteiger partial charge on any atom is 0.0593 e. The Kier molecular flexibility index (Phi) is 5.37. The Labute approximate surface area is 116 Å². The highest BCUT2D eigenvalue weighted by Gasteiger charge is 2.25. The van der Waals surface area contributed by atoms with E-state index in [1.807, 2.05) is 0 Å². The van der Waals surface area contributed by atoms with Crippen LogP contribution in [0.25, 0.3) is 0 Å². The van der Waals surface area contributed by atoms with Gasteiger partial charge in [-0.2, -0.15) is 0 Å². The lowest BCUT2D eigenvalue weighted by Crippen LogP contribution is -2.41. The first-order valence-electron chi connectivity index (χ1n) is 7.32. The number of hydrogen-bond acceptors (Lipinski definition) is 3. The van der Waals surface area contributed by atoms with Crippen LogP contribution >= 0.6 is 0 Å². The molecule has 2 N–H and O–H groups in total. The lowest BCUT2D eigenvalue weighted by atomic mass is 9.92. The Morgan fingerprint density at radius 1 is 1.37 bits per heavy atom. The molecule has 1 aliphatic heterocycles. The molecule has 3 heteroatoms. The molecule has 0 bridgehead atoms. The molecule has 1 heterocycles. The van der Waals surface area contributed by atoms with Crippen molar-refractivity contribution in [1.29, 1.82) is 0 Å². The third-order valence-corrected chi connectivity index (χ3v) is 3.72. The predicted molar refractivity (Wildman–Crippen MR) is 79.2 cm³/mol. The van der Waals surface area contributed by atoms with Gasteiger partial charge in [0.2, 0.25) is 0 Å². The van der Waals surface area contributed by atoms with E-state index in [9.17, 15) is 0 Å². The first kappa shape index (κ1) is 14.5. The molecule has 1 unspecified atom stereocenters. The van der Waals surface area contributed by atoms with Crippen LogP contribution in [-0.4, -0.2) is 37.7 Å². The highest BCUT2D eigenvalue weighted by atomic mass is 16.5. The van der Waals surface area contributed by atoms with Gasteiger partial charge in [0.15, 0.2) is 0 Å². The van der Waals surface area contributed by atoms with Gasteiger partial charge < -0.3 is 10.5 Å². The zero-order valence-electron chi connectivity index (χ0n) is 12.1. The topological polar surface area (TPSA) is 38.5 Å². The number of rotatable bonds is 6. The van der Waals surface area contributed by atoms with Gasteiger partial charge >= 0.3 is 0 Å². The highest BCUT2D eigenvalue weighted by Crippen LogP contribution is 2.28. The van der Waals surface area contributed by atoms with E-state index < -0.39 is 0 Å². The third kappa shape index (κ3) is 3.78. The summed E-state index contributed by atoms with van der Waals surface area (Å²) in [5, 5.41) is 0. The van der Waals surface area contributed by atoms with Crippen molar-refractivity contribution in [2.24, 2.45) is 11.7 Å². The summed E-state index contributed by atoms with van der Waals surface area (Å²) in [6, 6.07) is 9.03. The SMILES string of the molecule is CC(C)COCCN1CCc2ccccc2C1CN. The molecule has 0 aromatic heterocycles. The first-order chi connectivity index (χ1) is 9.22. The van der Waals surface area contributed by atoms with E-state index >= 15 is 0 Å². The molecule has 0 radical (unpaired) electrons. The number of hydrogen-bond donors (Lipinski definition) is 1. The second-order valence-corrected chi connectivity index (χ2v) is 5.71. The molecule has 0 aliphatic carbocycles. The Morgan fingerprint density at radius 2 is 2.16 bits per heavy atom. The summed E-state index contributed by atoms with van der Waals surface area (Å²) < 4.78 is 5.70. The van der Waals surface area contributed by atoms with Crippen molar-refractivity contribution in [2.45, 2.75) is 26.3 Å². The van der Waals surface area contributed by atoms with E-state index in [2.05, 4.69) is 43.0 Å². The van der Waals surface area contributed by atoms with Gasteiger partial charge in [-0.1, -0.05) is 38.1 Å². The van der Waals surface area contributed by atoms with Gasteiger partial charge in [-0.05, 0) is 23.5 Å². The molecule has 0 spiro atoms. The minimum Gasteiger partial charge on any atom is -0.380 e. The van der Waals surface area contributed by atoms with Crippen LogP contribution in [0.3, 0.4) is 0 Å². The highest BCUT2D eigenvalue weighted by molar-refractivity contribution is 5.32. The van der Waals surface area contributed by atoms with Crippen LogP contribution in [0, 0.1) is 5.92 Å². The van der Waals surface area contributed by atoms with Crippen molar-refractivity contribution in [3.8, 4) is 0 Å². The molecule has 0 saturated heterocycles. The zero-order chi connectivity index (χ0) is 13.7. The van der Waals surface area contributed by atoms with Crippen LogP contribution in [0.2, 0.25) is 0 Å². The number of ether oxygens (including phenoxy) is 1. The van der Waals surface area contributed by atoms with Crippen LogP contribution in [0.4, 0.5) is 0 Å². The normalized spacial score (nSPS) is 19.7. The molecular weight excluding hydrogens is 236 g/mol. The number of fused-ring (bicyclic) bond motifs is 1. The lowest BCUT2D eigenvalue weighted by molar-refractivity contribution is 0.0701. The van der Waals surface area contributed by atoms with Gasteiger partial charge in [0, 0.05) is 32.3 Å². The Morgan fingerprint density at radius 3 is 2.89 bits per heavy atom. The number of benzene rings is 1. The Hall–Kier alpha value is -0.900. The summed E-state index contributed by atoms with van der Waals surface area (Å²) in [6.07, 6.45) is 1.12. The molecule has 1 aliphatic rings. The van der Waals surface area contributed by atoms with Crippen LogP contribution in [-0.2, 0) is 11.2 Å². The zero-order valence-corrected chi connectivity index (χ0v) is 12.1. The second kappa shape index (κ2) is 7.04. The van der Waals surface area contributed by atoms with Crippen LogP contribution in [0.5, 0.6) is 0 Å². The largest absolute Gasteiger partial charge is 0.380 e. The molecular formula is C16H26N2O. The molecule has 1 atom stereocenters. The minimum absolute atomic E-state index is 0.354. The maximum atomic E-state index is 5.98. The van der Waals surface area contributed by atoms with Gasteiger partial charge in [0.05, 0.1) is 6.61 Å². The molecule has 2 rings (SSSR count). The van der Waals surface area contributed by atoms with Crippen molar-refractivity contribution in [3.05, 3.63) is 35.4 Å². The maximum absolute atomic E-state index is 5.98. The molecule has 19 heavy (non-hydrogen) atoms. The third-order valence-electron chi connectivity index (χ3n) is 3.72. The average molecular weight is 262 g/mol. The number of nitrogens with two attached hydrogens (primary N) is 1. The fraction of sp³-hybridized carbons (Fsp3) is 0.625. The molecule has 106 valence electrons. The summed E-state index contributed by atoms with van der Waals surface area (Å²) >= 11 is 0. The minimum atomic E-state index is 0.354. The number of nitrogens with zero attached hydrogens (tertiary/aromatic N) is 1. The van der Waals surface area contributed by atoms with Gasteiger partial charge in [0.1, 0.15) is 0 Å². The Bertz CT molecular complexity index is 392. The molecule has 1 aromatic rings. The summed E-state index contributed by atoms with van der Waals surface area (Å²) in [5.41, 5.74) is 8.84. The van der Waals surface area contributed by atoms with Gasteiger partial charge in [-0.3, -0.25) is 4.90 Å². The van der Waals surface area contributed by atoms with E-state index in [-0.39, 0.29) is 0 Å². The summed E-state index contributed by atoms with van der Waals surface area (Å²) in [5.74, 6) is 0.604. The van der Waals surface area contributed by atoms with Gasteiger partial charge in [0.25, 0.3) is 0 Å². The van der Waals surface area contributed by atoms with E-state index in [1.165, 1.54) is 11.1 Å². The van der Waals surface area contributed by atoms with Gasteiger partial charge in [-0.15, -0.1) is 0 Å². The molecule has 3 nitrogen and oxygen atoms in total. The second-order valence-electron chi connectivity index (χ2n) is 5.71. The smallest absolute Gasteiger partial charge is 0.0593 e. The van der Waals surface area contributed by atoms with Crippen molar-refractivity contribution in [1.82, 2.24) is 4.90 Å². The summed E-state index contributed by atoms with van der Waals surface area (Å²) in [6.45, 7) is 8.75. The summed E-state index contributed by atoms with van der Waals surface area (Å²) in [7, 11) is 0. The monoisotopic (exact) mass is 262 g/mol. The summed E-state index contributed by atoms with van der Waals surface area (Å²) in [4.78, 5) is 2.46. The molecule has 0 fully saturated rings. The average Bonchev–Trinajstić information content (AvgIpc) is 2.42. The van der Waals surface area contributed by atoms with E-state index in [0.29, 0.717) is 18.5 Å². The van der Waals surface area contributed by atoms with Crippen LogP contribution < -0.4 is 5.73 Å². The fourth-order valence-electron chi connectivity index (χ4n) is 2.75. The van der Waals surface area contributed by atoms with Crippen molar-refractivity contribution in [2.75, 3.05) is 32.8 Å². The standard InChI is InChI=1S/C16H26N2O/c1-13(2)12-19-10-9-18-8-7-14-5-3-4-6-15(14)16(18)11-17/h3-6,13,16H,7-12,17H2,1-2H3. The first-order valence-corrected chi connectivity index (χ1v) is 7.32. The van der Waals surface area contributed by atoms with E-state index in [1.54, 1.807) is 0 Å². The molecule has 1 aromatic carbocycles. The molecule has 0 saturated carbocycles. The van der Waals surface area contributed by atoms with E-state index in [0.717, 1.165) is 32.7 Å². The predicted octanol–water partition coefficient (Wildman–Crippen LogP) is 2.22. The van der Waals surface area contributed by atoms with Gasteiger partial charge in [-0.25, -0.2) is 0 Å². The van der Waals surface area contributed by atoms with Crippen molar-refractivity contribution in [3.63, 3.8) is 0 Å². The van der Waals surface area contributed by atoms with E-state index in [4.69, 9.17) is 10.5 Å². The van der Waals surface area contributed by atoms with Crippen molar-refractivity contribution < 1.29 is 4.74 Å². The fourth-order valence-corrected chi connectivity index (χ4v) is 2.75. The lowest BCUT2D eigenvalue weighted by Gasteiger charge is -2.36. The van der Waals surface area contributed by atoms with Crippen molar-refractivity contribution >= 4 is 0 Å². The van der Waals surface area contributed by atoms with Crippen LogP contribution in [0.1, 0.15) is 31.0 Å².